The number of aromatic nitrogens is 3. The molecule has 2 aromatic rings. The third-order valence-electron chi connectivity index (χ3n) is 2.59. The van der Waals surface area contributed by atoms with Crippen molar-refractivity contribution in [2.75, 3.05) is 24.3 Å². The zero-order chi connectivity index (χ0) is 14.4. The van der Waals surface area contributed by atoms with Gasteiger partial charge in [0, 0.05) is 6.54 Å². The standard InChI is InChI=1S/C14H17N5O/c1-4-7-15-13-9-16-19-14(18-13)17-11-8-10(2)5-6-12(11)20-3/h4-6,8-9H,1,7H2,2-3H3,(H2,15,17,18,19). The minimum absolute atomic E-state index is 0.406. The van der Waals surface area contributed by atoms with E-state index in [-0.39, 0.29) is 0 Å². The predicted molar refractivity (Wildman–Crippen MR) is 79.5 cm³/mol. The van der Waals surface area contributed by atoms with Gasteiger partial charge in [0.2, 0.25) is 5.95 Å². The van der Waals surface area contributed by atoms with Crippen LogP contribution in [0.15, 0.2) is 37.1 Å². The van der Waals surface area contributed by atoms with Gasteiger partial charge in [-0.1, -0.05) is 12.1 Å². The van der Waals surface area contributed by atoms with E-state index in [4.69, 9.17) is 4.74 Å². The molecule has 6 nitrogen and oxygen atoms in total. The van der Waals surface area contributed by atoms with Crippen LogP contribution in [-0.4, -0.2) is 28.8 Å². The van der Waals surface area contributed by atoms with Crippen molar-refractivity contribution in [1.29, 1.82) is 0 Å². The van der Waals surface area contributed by atoms with Gasteiger partial charge in [0.05, 0.1) is 19.0 Å². The van der Waals surface area contributed by atoms with Crippen LogP contribution < -0.4 is 15.4 Å². The van der Waals surface area contributed by atoms with Crippen molar-refractivity contribution in [3.63, 3.8) is 0 Å². The van der Waals surface area contributed by atoms with Crippen molar-refractivity contribution in [3.05, 3.63) is 42.6 Å². The van der Waals surface area contributed by atoms with Crippen LogP contribution >= 0.6 is 0 Å². The largest absolute Gasteiger partial charge is 0.495 e. The van der Waals surface area contributed by atoms with Gasteiger partial charge in [-0.15, -0.1) is 11.7 Å². The lowest BCUT2D eigenvalue weighted by molar-refractivity contribution is 0.416. The molecular weight excluding hydrogens is 254 g/mol. The average molecular weight is 271 g/mol. The molecule has 2 rings (SSSR count). The summed E-state index contributed by atoms with van der Waals surface area (Å²) in [5.74, 6) is 1.76. The second kappa shape index (κ2) is 6.51. The maximum atomic E-state index is 5.30. The maximum absolute atomic E-state index is 5.30. The number of ether oxygens (including phenoxy) is 1. The molecule has 0 aliphatic heterocycles. The van der Waals surface area contributed by atoms with Crippen molar-refractivity contribution in [3.8, 4) is 5.75 Å². The van der Waals surface area contributed by atoms with Gasteiger partial charge in [-0.05, 0) is 24.6 Å². The highest BCUT2D eigenvalue weighted by Gasteiger charge is 2.06. The summed E-state index contributed by atoms with van der Waals surface area (Å²) in [6.07, 6.45) is 3.31. The topological polar surface area (TPSA) is 72.0 Å². The van der Waals surface area contributed by atoms with Crippen LogP contribution in [0.3, 0.4) is 0 Å². The van der Waals surface area contributed by atoms with E-state index in [9.17, 15) is 0 Å². The number of benzene rings is 1. The zero-order valence-electron chi connectivity index (χ0n) is 11.6. The summed E-state index contributed by atoms with van der Waals surface area (Å²) in [7, 11) is 1.62. The second-order valence-corrected chi connectivity index (χ2v) is 4.16. The molecule has 0 aliphatic rings. The minimum Gasteiger partial charge on any atom is -0.495 e. The summed E-state index contributed by atoms with van der Waals surface area (Å²) in [5, 5.41) is 14.0. The van der Waals surface area contributed by atoms with Gasteiger partial charge in [0.1, 0.15) is 5.75 Å². The highest BCUT2D eigenvalue weighted by atomic mass is 16.5. The third kappa shape index (κ3) is 3.44. The van der Waals surface area contributed by atoms with Crippen molar-refractivity contribution in [1.82, 2.24) is 15.2 Å². The van der Waals surface area contributed by atoms with Gasteiger partial charge >= 0.3 is 0 Å². The molecule has 0 saturated heterocycles. The Morgan fingerprint density at radius 1 is 1.40 bits per heavy atom. The van der Waals surface area contributed by atoms with Crippen LogP contribution in [0, 0.1) is 6.92 Å². The van der Waals surface area contributed by atoms with E-state index in [1.54, 1.807) is 19.4 Å². The highest BCUT2D eigenvalue weighted by molar-refractivity contribution is 5.63. The van der Waals surface area contributed by atoms with E-state index in [2.05, 4.69) is 32.4 Å². The first-order chi connectivity index (χ1) is 9.72. The van der Waals surface area contributed by atoms with Crippen LogP contribution in [0.2, 0.25) is 0 Å². The van der Waals surface area contributed by atoms with E-state index >= 15 is 0 Å². The molecule has 0 saturated carbocycles. The smallest absolute Gasteiger partial charge is 0.249 e. The van der Waals surface area contributed by atoms with Gasteiger partial charge in [-0.2, -0.15) is 10.1 Å². The Balaban J connectivity index is 2.21. The van der Waals surface area contributed by atoms with Gasteiger partial charge in [0.25, 0.3) is 0 Å². The number of nitrogens with zero attached hydrogens (tertiary/aromatic N) is 3. The number of nitrogens with one attached hydrogen (secondary N) is 2. The first-order valence-electron chi connectivity index (χ1n) is 6.19. The minimum atomic E-state index is 0.406. The normalized spacial score (nSPS) is 9.90. The lowest BCUT2D eigenvalue weighted by Crippen LogP contribution is -2.05. The van der Waals surface area contributed by atoms with Crippen LogP contribution in [0.5, 0.6) is 5.75 Å². The van der Waals surface area contributed by atoms with E-state index in [1.807, 2.05) is 25.1 Å². The molecule has 2 N–H and O–H groups in total. The second-order valence-electron chi connectivity index (χ2n) is 4.16. The fraction of sp³-hybridized carbons (Fsp3) is 0.214. The van der Waals surface area contributed by atoms with Crippen LogP contribution in [0.4, 0.5) is 17.5 Å². The molecule has 0 bridgehead atoms. The molecule has 1 aromatic heterocycles. The van der Waals surface area contributed by atoms with Crippen molar-refractivity contribution in [2.24, 2.45) is 0 Å². The van der Waals surface area contributed by atoms with E-state index in [0.717, 1.165) is 17.0 Å². The molecule has 0 fully saturated rings. The van der Waals surface area contributed by atoms with E-state index in [1.165, 1.54) is 0 Å². The number of anilines is 3. The Hall–Kier alpha value is -2.63. The molecular formula is C14H17N5O. The van der Waals surface area contributed by atoms with E-state index < -0.39 is 0 Å². The number of aryl methyl sites for hydroxylation is 1. The van der Waals surface area contributed by atoms with Crippen LogP contribution in [0.25, 0.3) is 0 Å². The Morgan fingerprint density at radius 2 is 2.25 bits per heavy atom. The lowest BCUT2D eigenvalue weighted by atomic mass is 10.2. The third-order valence-corrected chi connectivity index (χ3v) is 2.59. The van der Waals surface area contributed by atoms with Gasteiger partial charge in [-0.3, -0.25) is 0 Å². The summed E-state index contributed by atoms with van der Waals surface area (Å²) < 4.78 is 5.30. The molecule has 0 unspecified atom stereocenters. The monoisotopic (exact) mass is 271 g/mol. The summed E-state index contributed by atoms with van der Waals surface area (Å²) in [4.78, 5) is 4.31. The Bertz CT molecular complexity index is 600. The van der Waals surface area contributed by atoms with Gasteiger partial charge in [0.15, 0.2) is 5.82 Å². The molecule has 0 spiro atoms. The fourth-order valence-electron chi connectivity index (χ4n) is 1.66. The molecule has 0 aliphatic carbocycles. The Kier molecular flexibility index (Phi) is 4.49. The predicted octanol–water partition coefficient (Wildman–Crippen LogP) is 2.53. The SMILES string of the molecule is C=CCNc1cnnc(Nc2cc(C)ccc2OC)n1. The summed E-state index contributed by atoms with van der Waals surface area (Å²) in [6, 6.07) is 5.84. The quantitative estimate of drug-likeness (QED) is 0.787. The van der Waals surface area contributed by atoms with Gasteiger partial charge in [-0.25, -0.2) is 0 Å². The summed E-state index contributed by atoms with van der Waals surface area (Å²) in [6.45, 7) is 6.26. The fourth-order valence-corrected chi connectivity index (χ4v) is 1.66. The number of methoxy groups -OCH3 is 1. The van der Waals surface area contributed by atoms with Crippen LogP contribution in [0.1, 0.15) is 5.56 Å². The lowest BCUT2D eigenvalue weighted by Gasteiger charge is -2.11. The first kappa shape index (κ1) is 13.8. The zero-order valence-corrected chi connectivity index (χ0v) is 11.6. The maximum Gasteiger partial charge on any atom is 0.249 e. The van der Waals surface area contributed by atoms with Crippen molar-refractivity contribution in [2.45, 2.75) is 6.92 Å². The Morgan fingerprint density at radius 3 is 3.00 bits per heavy atom. The average Bonchev–Trinajstić information content (AvgIpc) is 2.46. The van der Waals surface area contributed by atoms with Crippen molar-refractivity contribution < 1.29 is 4.74 Å². The Labute approximate surface area is 117 Å². The summed E-state index contributed by atoms with van der Waals surface area (Å²) in [5.41, 5.74) is 1.91. The number of rotatable bonds is 6. The molecule has 20 heavy (non-hydrogen) atoms. The molecule has 1 heterocycles. The molecule has 104 valence electrons. The molecule has 6 heteroatoms. The highest BCUT2D eigenvalue weighted by Crippen LogP contribution is 2.27. The number of hydrogen-bond donors (Lipinski definition) is 2. The first-order valence-corrected chi connectivity index (χ1v) is 6.19. The number of hydrogen-bond acceptors (Lipinski definition) is 6. The molecule has 0 atom stereocenters. The van der Waals surface area contributed by atoms with E-state index in [0.29, 0.717) is 18.3 Å². The molecule has 0 radical (unpaired) electrons. The van der Waals surface area contributed by atoms with Crippen LogP contribution in [-0.2, 0) is 0 Å². The molecule has 0 amide bonds. The summed E-state index contributed by atoms with van der Waals surface area (Å²) >= 11 is 0. The molecule has 1 aromatic carbocycles. The van der Waals surface area contributed by atoms with Gasteiger partial charge < -0.3 is 15.4 Å². The van der Waals surface area contributed by atoms with Crippen molar-refractivity contribution >= 4 is 17.5 Å².